The number of hydrogen-bond donors (Lipinski definition) is 0. The fraction of sp³-hybridized carbons (Fsp3) is 0.593. The van der Waals surface area contributed by atoms with Gasteiger partial charge in [0.05, 0.1) is 18.8 Å². The third-order valence-electron chi connectivity index (χ3n) is 6.44. The monoisotopic (exact) mass is 426 g/mol. The number of carbonyl (C=O) groups is 1. The predicted molar refractivity (Wildman–Crippen MR) is 131 cm³/mol. The largest absolute Gasteiger partial charge is 0.378 e. The molecule has 0 saturated carbocycles. The van der Waals surface area contributed by atoms with E-state index in [4.69, 9.17) is 4.74 Å². The van der Waals surface area contributed by atoms with E-state index in [0.29, 0.717) is 6.42 Å². The second-order valence-electron chi connectivity index (χ2n) is 8.62. The molecule has 4 nitrogen and oxygen atoms in total. The Morgan fingerprint density at radius 2 is 1.74 bits per heavy atom. The van der Waals surface area contributed by atoms with Crippen LogP contribution in [0.2, 0.25) is 0 Å². The molecule has 1 saturated heterocycles. The van der Waals surface area contributed by atoms with Gasteiger partial charge in [-0.25, -0.2) is 0 Å². The smallest absolute Gasteiger partial charge is 0.179 e. The van der Waals surface area contributed by atoms with Gasteiger partial charge in [-0.2, -0.15) is 0 Å². The Labute approximate surface area is 190 Å². The zero-order valence-electron chi connectivity index (χ0n) is 20.1. The van der Waals surface area contributed by atoms with Crippen LogP contribution in [-0.4, -0.2) is 61.5 Å². The van der Waals surface area contributed by atoms with E-state index in [-0.39, 0.29) is 5.78 Å². The quantitative estimate of drug-likeness (QED) is 0.325. The molecule has 4 heteroatoms. The molecule has 0 radical (unpaired) electrons. The Morgan fingerprint density at radius 3 is 2.39 bits per heavy atom. The highest BCUT2D eigenvalue weighted by molar-refractivity contribution is 6.03. The lowest BCUT2D eigenvalue weighted by atomic mass is 9.80. The Balaban J connectivity index is 2.17. The van der Waals surface area contributed by atoms with Gasteiger partial charge in [0.15, 0.2) is 5.78 Å². The number of Topliss-reactive ketones (excluding diaryl/α,β-unsaturated/α-hetero) is 1. The van der Waals surface area contributed by atoms with Crippen LogP contribution in [0.4, 0.5) is 0 Å². The van der Waals surface area contributed by atoms with Gasteiger partial charge in [0.25, 0.3) is 0 Å². The lowest BCUT2D eigenvalue weighted by Gasteiger charge is -2.38. The van der Waals surface area contributed by atoms with Gasteiger partial charge < -0.3 is 9.64 Å². The van der Waals surface area contributed by atoms with Gasteiger partial charge in [0.2, 0.25) is 0 Å². The summed E-state index contributed by atoms with van der Waals surface area (Å²) in [6.45, 7) is 7.72. The molecule has 0 aromatic heterocycles. The molecule has 0 spiro atoms. The first kappa shape index (κ1) is 25.4. The molecule has 1 aliphatic heterocycles. The molecule has 172 valence electrons. The van der Waals surface area contributed by atoms with Crippen molar-refractivity contribution < 1.29 is 9.53 Å². The van der Waals surface area contributed by atoms with E-state index in [2.05, 4.69) is 72.3 Å². The van der Waals surface area contributed by atoms with Crippen LogP contribution in [0.5, 0.6) is 0 Å². The van der Waals surface area contributed by atoms with Crippen molar-refractivity contribution in [1.82, 2.24) is 9.80 Å². The van der Waals surface area contributed by atoms with Crippen LogP contribution in [0.25, 0.3) is 0 Å². The molecule has 1 atom stereocenters. The SMILES string of the molecule is CCC/C=C\C=C/CCC(CC)(C(=O)/C1=C/C=C(/N2CCOCC2)CC=CC1)N(C)C. The molecule has 2 aliphatic rings. The maximum absolute atomic E-state index is 13.8. The summed E-state index contributed by atoms with van der Waals surface area (Å²) in [5.41, 5.74) is 1.71. The third-order valence-corrected chi connectivity index (χ3v) is 6.44. The van der Waals surface area contributed by atoms with Crippen molar-refractivity contribution in [3.8, 4) is 0 Å². The molecule has 0 N–H and O–H groups in total. The average Bonchev–Trinajstić information content (AvgIpc) is 2.76. The minimum absolute atomic E-state index is 0.263. The first-order valence-electron chi connectivity index (χ1n) is 12.0. The molecule has 0 aromatic carbocycles. The average molecular weight is 427 g/mol. The van der Waals surface area contributed by atoms with E-state index in [1.54, 1.807) is 0 Å². The van der Waals surface area contributed by atoms with Gasteiger partial charge >= 0.3 is 0 Å². The van der Waals surface area contributed by atoms with Crippen molar-refractivity contribution in [3.05, 3.63) is 59.9 Å². The number of allylic oxidation sites excluding steroid dienone is 8. The molecule has 0 amide bonds. The molecule has 1 fully saturated rings. The van der Waals surface area contributed by atoms with E-state index in [0.717, 1.165) is 64.0 Å². The number of unbranched alkanes of at least 4 members (excludes halogenated alkanes) is 1. The van der Waals surface area contributed by atoms with Crippen LogP contribution in [0.15, 0.2) is 59.9 Å². The minimum Gasteiger partial charge on any atom is -0.378 e. The molecular formula is C27H42N2O2. The summed E-state index contributed by atoms with van der Waals surface area (Å²) in [6, 6.07) is 0. The topological polar surface area (TPSA) is 32.8 Å². The summed E-state index contributed by atoms with van der Waals surface area (Å²) in [5.74, 6) is 0.263. The second kappa shape index (κ2) is 13.5. The molecule has 2 rings (SSSR count). The van der Waals surface area contributed by atoms with Gasteiger partial charge in [-0.1, -0.05) is 62.8 Å². The van der Waals surface area contributed by atoms with Crippen LogP contribution < -0.4 is 0 Å². The summed E-state index contributed by atoms with van der Waals surface area (Å²) in [7, 11) is 4.08. The van der Waals surface area contributed by atoms with E-state index in [1.807, 2.05) is 14.1 Å². The summed E-state index contributed by atoms with van der Waals surface area (Å²) in [5, 5.41) is 0. The Bertz CT molecular complexity index is 709. The predicted octanol–water partition coefficient (Wildman–Crippen LogP) is 5.45. The Kier molecular flexibility index (Phi) is 11.0. The van der Waals surface area contributed by atoms with Crippen LogP contribution in [-0.2, 0) is 9.53 Å². The zero-order valence-corrected chi connectivity index (χ0v) is 20.1. The van der Waals surface area contributed by atoms with Crippen molar-refractivity contribution in [1.29, 1.82) is 0 Å². The lowest BCUT2D eigenvalue weighted by Crippen LogP contribution is -2.51. The van der Waals surface area contributed by atoms with Crippen LogP contribution in [0, 0.1) is 0 Å². The van der Waals surface area contributed by atoms with Crippen molar-refractivity contribution >= 4 is 5.78 Å². The van der Waals surface area contributed by atoms with E-state index < -0.39 is 5.54 Å². The number of rotatable bonds is 11. The number of ether oxygens (including phenoxy) is 1. The number of nitrogens with zero attached hydrogens (tertiary/aromatic N) is 2. The number of carbonyl (C=O) groups excluding carboxylic acids is 1. The molecule has 1 unspecified atom stereocenters. The molecule has 1 aliphatic carbocycles. The van der Waals surface area contributed by atoms with Gasteiger partial charge in [0, 0.05) is 30.8 Å². The highest BCUT2D eigenvalue weighted by atomic mass is 16.5. The van der Waals surface area contributed by atoms with E-state index in [9.17, 15) is 4.79 Å². The summed E-state index contributed by atoms with van der Waals surface area (Å²) >= 11 is 0. The van der Waals surface area contributed by atoms with Crippen molar-refractivity contribution in [2.24, 2.45) is 0 Å². The third kappa shape index (κ3) is 7.33. The van der Waals surface area contributed by atoms with Crippen molar-refractivity contribution in [3.63, 3.8) is 0 Å². The van der Waals surface area contributed by atoms with E-state index >= 15 is 0 Å². The highest BCUT2D eigenvalue weighted by Gasteiger charge is 2.39. The number of hydrogen-bond acceptors (Lipinski definition) is 4. The van der Waals surface area contributed by atoms with Crippen molar-refractivity contribution in [2.75, 3.05) is 40.4 Å². The normalized spacial score (nSPS) is 23.3. The first-order valence-corrected chi connectivity index (χ1v) is 12.0. The molecule has 0 aromatic rings. The van der Waals surface area contributed by atoms with Gasteiger partial charge in [-0.3, -0.25) is 9.69 Å². The maximum atomic E-state index is 13.8. The van der Waals surface area contributed by atoms with Crippen LogP contribution >= 0.6 is 0 Å². The molecule has 1 heterocycles. The molecule has 31 heavy (non-hydrogen) atoms. The number of ketones is 1. The standard InChI is InChI=1S/C27H42N2O2/c1-5-7-8-9-10-11-14-19-27(6-2,28(3)4)26(30)24-15-12-13-16-25(18-17-24)29-20-22-31-23-21-29/h8-13,17-18H,5-7,14-16,19-23H2,1-4H3/b9-8-,11-10-,13-12?,24-17+,25-18+. The van der Waals surface area contributed by atoms with E-state index in [1.165, 1.54) is 12.1 Å². The molecular weight excluding hydrogens is 384 g/mol. The summed E-state index contributed by atoms with van der Waals surface area (Å²) in [6.07, 6.45) is 23.7. The number of likely N-dealkylation sites (N-methyl/N-ethyl adjacent to an activating group) is 1. The Morgan fingerprint density at radius 1 is 1.06 bits per heavy atom. The summed E-state index contributed by atoms with van der Waals surface area (Å²) in [4.78, 5) is 18.3. The van der Waals surface area contributed by atoms with Gasteiger partial charge in [0.1, 0.15) is 0 Å². The highest BCUT2D eigenvalue weighted by Crippen LogP contribution is 2.30. The fourth-order valence-corrected chi connectivity index (χ4v) is 4.33. The first-order chi connectivity index (χ1) is 15.0. The Hall–Kier alpha value is -1.91. The summed E-state index contributed by atoms with van der Waals surface area (Å²) < 4.78 is 5.49. The van der Waals surface area contributed by atoms with Gasteiger partial charge in [-0.05, 0) is 52.3 Å². The lowest BCUT2D eigenvalue weighted by molar-refractivity contribution is -0.126. The maximum Gasteiger partial charge on any atom is 0.179 e. The van der Waals surface area contributed by atoms with Gasteiger partial charge in [-0.15, -0.1) is 0 Å². The second-order valence-corrected chi connectivity index (χ2v) is 8.62. The zero-order chi connectivity index (χ0) is 22.5. The van der Waals surface area contributed by atoms with Crippen LogP contribution in [0.1, 0.15) is 58.8 Å². The molecule has 0 bridgehead atoms. The fourth-order valence-electron chi connectivity index (χ4n) is 4.33. The van der Waals surface area contributed by atoms with Crippen molar-refractivity contribution in [2.45, 2.75) is 64.3 Å². The minimum atomic E-state index is -0.469. The number of morpholine rings is 1. The van der Waals surface area contributed by atoms with Crippen LogP contribution in [0.3, 0.4) is 0 Å².